The first-order valence-electron chi connectivity index (χ1n) is 7.40. The lowest BCUT2D eigenvalue weighted by atomic mass is 10.1. The molecule has 5 nitrogen and oxygen atoms in total. The molecule has 0 radical (unpaired) electrons. The summed E-state index contributed by atoms with van der Waals surface area (Å²) in [5, 5.41) is -0.265. The second kappa shape index (κ2) is 6.44. The SMILES string of the molecule is C=CCN1C(=O)S/C(=C/c2ccc(N3CCCCC3)o2)C1=O. The molecule has 1 aromatic heterocycles. The van der Waals surface area contributed by atoms with Crippen LogP contribution in [0.2, 0.25) is 0 Å². The Hall–Kier alpha value is -1.95. The standard InChI is InChI=1S/C16H18N2O3S/c1-2-8-18-15(19)13(22-16(18)20)11-12-6-7-14(21-12)17-9-4-3-5-10-17/h2,6-7,11H,1,3-5,8-10H2/b13-11+. The smallest absolute Gasteiger partial charge is 0.293 e. The molecule has 116 valence electrons. The Morgan fingerprint density at radius 3 is 2.73 bits per heavy atom. The third-order valence-corrected chi connectivity index (χ3v) is 4.65. The van der Waals surface area contributed by atoms with Gasteiger partial charge in [-0.3, -0.25) is 14.5 Å². The molecule has 3 rings (SSSR count). The molecule has 2 aliphatic rings. The molecule has 0 N–H and O–H groups in total. The quantitative estimate of drug-likeness (QED) is 0.628. The van der Waals surface area contributed by atoms with Crippen LogP contribution in [0.4, 0.5) is 10.7 Å². The fourth-order valence-corrected chi connectivity index (χ4v) is 3.45. The number of hydrogen-bond donors (Lipinski definition) is 0. The van der Waals surface area contributed by atoms with Crippen LogP contribution >= 0.6 is 11.8 Å². The Labute approximate surface area is 133 Å². The number of carbonyl (C=O) groups excluding carboxylic acids is 2. The molecule has 6 heteroatoms. The van der Waals surface area contributed by atoms with Crippen LogP contribution in [-0.4, -0.2) is 35.7 Å². The molecule has 0 bridgehead atoms. The summed E-state index contributed by atoms with van der Waals surface area (Å²) in [6.07, 6.45) is 6.80. The van der Waals surface area contributed by atoms with Gasteiger partial charge in [-0.05, 0) is 37.1 Å². The average Bonchev–Trinajstić information content (AvgIpc) is 3.09. The van der Waals surface area contributed by atoms with E-state index >= 15 is 0 Å². The summed E-state index contributed by atoms with van der Waals surface area (Å²) in [4.78, 5) is 27.7. The molecule has 0 aromatic carbocycles. The maximum absolute atomic E-state index is 12.1. The molecule has 3 heterocycles. The Morgan fingerprint density at radius 1 is 1.23 bits per heavy atom. The minimum absolute atomic E-state index is 0.235. The first-order chi connectivity index (χ1) is 10.7. The molecule has 0 spiro atoms. The van der Waals surface area contributed by atoms with Crippen LogP contribution in [0.1, 0.15) is 25.0 Å². The van der Waals surface area contributed by atoms with Crippen LogP contribution < -0.4 is 4.90 Å². The van der Waals surface area contributed by atoms with E-state index in [1.165, 1.54) is 24.2 Å². The van der Waals surface area contributed by atoms with Crippen molar-refractivity contribution in [2.45, 2.75) is 19.3 Å². The summed E-state index contributed by atoms with van der Waals surface area (Å²) in [7, 11) is 0. The van der Waals surface area contributed by atoms with Gasteiger partial charge in [-0.15, -0.1) is 6.58 Å². The molecule has 2 fully saturated rings. The highest BCUT2D eigenvalue weighted by molar-refractivity contribution is 8.18. The van der Waals surface area contributed by atoms with Gasteiger partial charge in [0.1, 0.15) is 5.76 Å². The van der Waals surface area contributed by atoms with E-state index in [2.05, 4.69) is 11.5 Å². The van der Waals surface area contributed by atoms with Crippen molar-refractivity contribution in [3.05, 3.63) is 35.5 Å². The van der Waals surface area contributed by atoms with Crippen molar-refractivity contribution >= 4 is 34.9 Å². The molecule has 0 unspecified atom stereocenters. The summed E-state index contributed by atoms with van der Waals surface area (Å²) >= 11 is 0.939. The molecule has 0 saturated carbocycles. The number of hydrogen-bond acceptors (Lipinski definition) is 5. The molecule has 2 amide bonds. The topological polar surface area (TPSA) is 53.8 Å². The van der Waals surface area contributed by atoms with Crippen LogP contribution in [0.25, 0.3) is 6.08 Å². The van der Waals surface area contributed by atoms with Crippen molar-refractivity contribution in [3.63, 3.8) is 0 Å². The number of amides is 2. The van der Waals surface area contributed by atoms with Gasteiger partial charge in [0, 0.05) is 31.8 Å². The van der Waals surface area contributed by atoms with E-state index in [-0.39, 0.29) is 17.7 Å². The van der Waals surface area contributed by atoms with Crippen LogP contribution in [0.5, 0.6) is 0 Å². The number of anilines is 1. The van der Waals surface area contributed by atoms with Crippen molar-refractivity contribution < 1.29 is 14.0 Å². The normalized spacial score (nSPS) is 21.0. The van der Waals surface area contributed by atoms with E-state index < -0.39 is 0 Å². The Morgan fingerprint density at radius 2 is 2.00 bits per heavy atom. The third kappa shape index (κ3) is 2.97. The van der Waals surface area contributed by atoms with E-state index in [1.807, 2.05) is 12.1 Å². The molecular weight excluding hydrogens is 300 g/mol. The molecule has 2 saturated heterocycles. The Kier molecular flexibility index (Phi) is 4.38. The van der Waals surface area contributed by atoms with Crippen molar-refractivity contribution in [1.82, 2.24) is 4.90 Å². The molecule has 0 atom stereocenters. The number of nitrogens with zero attached hydrogens (tertiary/aromatic N) is 2. The lowest BCUT2D eigenvalue weighted by Gasteiger charge is -2.25. The summed E-state index contributed by atoms with van der Waals surface area (Å²) in [5.74, 6) is 1.15. The zero-order chi connectivity index (χ0) is 15.5. The molecular formula is C16H18N2O3S. The number of furan rings is 1. The van der Waals surface area contributed by atoms with Gasteiger partial charge in [-0.2, -0.15) is 0 Å². The van der Waals surface area contributed by atoms with E-state index in [1.54, 1.807) is 12.2 Å². The lowest BCUT2D eigenvalue weighted by Crippen LogP contribution is -2.28. The monoisotopic (exact) mass is 318 g/mol. The van der Waals surface area contributed by atoms with Gasteiger partial charge < -0.3 is 9.32 Å². The highest BCUT2D eigenvalue weighted by atomic mass is 32.2. The van der Waals surface area contributed by atoms with Crippen molar-refractivity contribution in [3.8, 4) is 0 Å². The average molecular weight is 318 g/mol. The highest BCUT2D eigenvalue weighted by Crippen LogP contribution is 2.33. The van der Waals surface area contributed by atoms with Gasteiger partial charge in [0.2, 0.25) is 0 Å². The summed E-state index contributed by atoms with van der Waals surface area (Å²) < 4.78 is 5.80. The van der Waals surface area contributed by atoms with Gasteiger partial charge in [0.25, 0.3) is 11.1 Å². The fraction of sp³-hybridized carbons (Fsp3) is 0.375. The molecule has 22 heavy (non-hydrogen) atoms. The highest BCUT2D eigenvalue weighted by Gasteiger charge is 2.34. The van der Waals surface area contributed by atoms with Crippen molar-refractivity contribution in [2.75, 3.05) is 24.5 Å². The third-order valence-electron chi connectivity index (χ3n) is 3.74. The van der Waals surface area contributed by atoms with Gasteiger partial charge in [0.05, 0.1) is 4.91 Å². The van der Waals surface area contributed by atoms with Crippen LogP contribution in [0.3, 0.4) is 0 Å². The number of carbonyl (C=O) groups is 2. The second-order valence-electron chi connectivity index (χ2n) is 5.30. The summed E-state index contributed by atoms with van der Waals surface area (Å²) in [6.45, 7) is 5.80. The van der Waals surface area contributed by atoms with Crippen molar-refractivity contribution in [1.29, 1.82) is 0 Å². The zero-order valence-electron chi connectivity index (χ0n) is 12.3. The number of piperidine rings is 1. The number of rotatable bonds is 4. The number of thioether (sulfide) groups is 1. The Bertz CT molecular complexity index is 629. The molecule has 1 aromatic rings. The van der Waals surface area contributed by atoms with Gasteiger partial charge in [-0.25, -0.2) is 0 Å². The predicted molar refractivity (Wildman–Crippen MR) is 87.6 cm³/mol. The maximum atomic E-state index is 12.1. The lowest BCUT2D eigenvalue weighted by molar-refractivity contribution is -0.122. The predicted octanol–water partition coefficient (Wildman–Crippen LogP) is 3.49. The number of imide groups is 1. The van der Waals surface area contributed by atoms with E-state index in [4.69, 9.17) is 4.42 Å². The zero-order valence-corrected chi connectivity index (χ0v) is 13.1. The molecule has 0 aliphatic carbocycles. The van der Waals surface area contributed by atoms with Gasteiger partial charge >= 0.3 is 0 Å². The van der Waals surface area contributed by atoms with Crippen LogP contribution in [0, 0.1) is 0 Å². The fourth-order valence-electron chi connectivity index (χ4n) is 2.62. The van der Waals surface area contributed by atoms with Gasteiger partial charge in [-0.1, -0.05) is 6.08 Å². The van der Waals surface area contributed by atoms with Crippen molar-refractivity contribution in [2.24, 2.45) is 0 Å². The largest absolute Gasteiger partial charge is 0.441 e. The first-order valence-corrected chi connectivity index (χ1v) is 8.22. The first kappa shape index (κ1) is 15.0. The molecule has 2 aliphatic heterocycles. The van der Waals surface area contributed by atoms with E-state index in [0.29, 0.717) is 10.7 Å². The maximum Gasteiger partial charge on any atom is 0.293 e. The van der Waals surface area contributed by atoms with Gasteiger partial charge in [0.15, 0.2) is 5.88 Å². The summed E-state index contributed by atoms with van der Waals surface area (Å²) in [6, 6.07) is 3.76. The minimum atomic E-state index is -0.286. The minimum Gasteiger partial charge on any atom is -0.441 e. The van der Waals surface area contributed by atoms with Crippen LogP contribution in [-0.2, 0) is 4.79 Å². The second-order valence-corrected chi connectivity index (χ2v) is 6.30. The summed E-state index contributed by atoms with van der Waals surface area (Å²) in [5.41, 5.74) is 0. The van der Waals surface area contributed by atoms with E-state index in [9.17, 15) is 9.59 Å². The Balaban J connectivity index is 1.75. The van der Waals surface area contributed by atoms with E-state index in [0.717, 1.165) is 30.7 Å². The van der Waals surface area contributed by atoms with Crippen LogP contribution in [0.15, 0.2) is 34.1 Å².